The fourth-order valence-electron chi connectivity index (χ4n) is 1.44. The Morgan fingerprint density at radius 1 is 1.41 bits per heavy atom. The van der Waals surface area contributed by atoms with Gasteiger partial charge in [0.1, 0.15) is 0 Å². The number of carboxylic acids is 1. The monoisotopic (exact) mass is 275 g/mol. The first-order valence-electron chi connectivity index (χ1n) is 4.84. The third-order valence-corrected chi connectivity index (χ3v) is 2.66. The van der Waals surface area contributed by atoms with Crippen molar-refractivity contribution in [1.29, 1.82) is 0 Å². The van der Waals surface area contributed by atoms with Crippen LogP contribution in [0.2, 0.25) is 10.0 Å². The number of nitrogens with one attached hydrogen (secondary N) is 1. The number of benzene rings is 1. The Morgan fingerprint density at radius 3 is 2.53 bits per heavy atom. The van der Waals surface area contributed by atoms with E-state index < -0.39 is 12.0 Å². The van der Waals surface area contributed by atoms with Crippen LogP contribution in [0.25, 0.3) is 0 Å². The Bertz CT molecular complexity index is 432. The van der Waals surface area contributed by atoms with Crippen LogP contribution in [0.3, 0.4) is 0 Å². The standard InChI is InChI=1S/C11H11Cl2NO3/c1-6(15)14-10(5-11(16)17)8-3-2-7(12)4-9(8)13/h2-4,10H,5H2,1H3,(H,14,15)(H,16,17)/t10-/m0/s1. The van der Waals surface area contributed by atoms with Crippen molar-refractivity contribution in [2.75, 3.05) is 0 Å². The Balaban J connectivity index is 3.02. The summed E-state index contributed by atoms with van der Waals surface area (Å²) in [5.74, 6) is -1.34. The molecule has 6 heteroatoms. The Kier molecular flexibility index (Phi) is 4.78. The maximum atomic E-state index is 11.0. The molecular formula is C11H11Cl2NO3. The lowest BCUT2D eigenvalue weighted by molar-refractivity contribution is -0.137. The average Bonchev–Trinajstić information content (AvgIpc) is 2.14. The SMILES string of the molecule is CC(=O)N[C@@H](CC(=O)O)c1ccc(Cl)cc1Cl. The second kappa shape index (κ2) is 5.89. The first-order chi connectivity index (χ1) is 7.90. The predicted octanol–water partition coefficient (Wildman–Crippen LogP) is 2.65. The van der Waals surface area contributed by atoms with Gasteiger partial charge in [-0.15, -0.1) is 0 Å². The number of carboxylic acid groups (broad SMARTS) is 1. The molecule has 0 aliphatic carbocycles. The third-order valence-electron chi connectivity index (χ3n) is 2.09. The van der Waals surface area contributed by atoms with E-state index in [1.54, 1.807) is 12.1 Å². The highest BCUT2D eigenvalue weighted by Crippen LogP contribution is 2.28. The summed E-state index contributed by atoms with van der Waals surface area (Å²) >= 11 is 11.7. The molecule has 0 heterocycles. The summed E-state index contributed by atoms with van der Waals surface area (Å²) in [6.45, 7) is 1.32. The molecule has 0 fully saturated rings. The molecule has 0 radical (unpaired) electrons. The lowest BCUT2D eigenvalue weighted by Crippen LogP contribution is -2.28. The third kappa shape index (κ3) is 4.24. The Hall–Kier alpha value is -1.26. The normalized spacial score (nSPS) is 11.9. The van der Waals surface area contributed by atoms with E-state index >= 15 is 0 Å². The van der Waals surface area contributed by atoms with Crippen molar-refractivity contribution >= 4 is 35.1 Å². The lowest BCUT2D eigenvalue weighted by atomic mass is 10.0. The molecule has 17 heavy (non-hydrogen) atoms. The number of hydrogen-bond donors (Lipinski definition) is 2. The van der Waals surface area contributed by atoms with E-state index in [9.17, 15) is 9.59 Å². The number of hydrogen-bond acceptors (Lipinski definition) is 2. The maximum absolute atomic E-state index is 11.0. The molecule has 0 saturated heterocycles. The molecule has 1 aromatic rings. The maximum Gasteiger partial charge on any atom is 0.305 e. The Morgan fingerprint density at radius 2 is 2.06 bits per heavy atom. The lowest BCUT2D eigenvalue weighted by Gasteiger charge is -2.17. The Labute approximate surface area is 109 Å². The minimum atomic E-state index is -1.02. The zero-order valence-corrected chi connectivity index (χ0v) is 10.5. The van der Waals surface area contributed by atoms with Crippen molar-refractivity contribution in [2.45, 2.75) is 19.4 Å². The van der Waals surface area contributed by atoms with E-state index in [2.05, 4.69) is 5.32 Å². The highest BCUT2D eigenvalue weighted by molar-refractivity contribution is 6.35. The average molecular weight is 276 g/mol. The molecule has 92 valence electrons. The molecule has 1 rings (SSSR count). The van der Waals surface area contributed by atoms with Gasteiger partial charge in [-0.05, 0) is 17.7 Å². The number of carbonyl (C=O) groups is 2. The number of halogens is 2. The van der Waals surface area contributed by atoms with Gasteiger partial charge in [-0.25, -0.2) is 0 Å². The van der Waals surface area contributed by atoms with Crippen molar-refractivity contribution in [3.05, 3.63) is 33.8 Å². The summed E-state index contributed by atoms with van der Waals surface area (Å²) in [4.78, 5) is 21.7. The quantitative estimate of drug-likeness (QED) is 0.888. The summed E-state index contributed by atoms with van der Waals surface area (Å²) in [6.07, 6.45) is -0.235. The van der Waals surface area contributed by atoms with Gasteiger partial charge in [0.05, 0.1) is 12.5 Å². The molecule has 0 bridgehead atoms. The zero-order chi connectivity index (χ0) is 13.0. The zero-order valence-electron chi connectivity index (χ0n) is 9.04. The van der Waals surface area contributed by atoms with Crippen molar-refractivity contribution < 1.29 is 14.7 Å². The molecule has 0 spiro atoms. The van der Waals surface area contributed by atoms with Gasteiger partial charge >= 0.3 is 5.97 Å². The second-order valence-corrected chi connectivity index (χ2v) is 4.36. The molecule has 1 atom stereocenters. The number of carbonyl (C=O) groups excluding carboxylic acids is 1. The molecule has 4 nitrogen and oxygen atoms in total. The minimum absolute atomic E-state index is 0.235. The van der Waals surface area contributed by atoms with E-state index in [1.165, 1.54) is 13.0 Å². The molecule has 0 aliphatic rings. The minimum Gasteiger partial charge on any atom is -0.481 e. The van der Waals surface area contributed by atoms with Crippen LogP contribution in [-0.2, 0) is 9.59 Å². The number of aliphatic carboxylic acids is 1. The first-order valence-corrected chi connectivity index (χ1v) is 5.59. The van der Waals surface area contributed by atoms with Crippen LogP contribution in [0.15, 0.2) is 18.2 Å². The van der Waals surface area contributed by atoms with Gasteiger partial charge in [-0.3, -0.25) is 9.59 Å². The summed E-state index contributed by atoms with van der Waals surface area (Å²) in [5.41, 5.74) is 0.536. The van der Waals surface area contributed by atoms with Crippen LogP contribution in [0.1, 0.15) is 24.9 Å². The molecule has 0 saturated carbocycles. The highest BCUT2D eigenvalue weighted by atomic mass is 35.5. The smallest absolute Gasteiger partial charge is 0.305 e. The van der Waals surface area contributed by atoms with Gasteiger partial charge in [0.2, 0.25) is 5.91 Å². The van der Waals surface area contributed by atoms with Crippen molar-refractivity contribution in [3.8, 4) is 0 Å². The van der Waals surface area contributed by atoms with Crippen molar-refractivity contribution in [1.82, 2.24) is 5.32 Å². The van der Waals surface area contributed by atoms with Crippen molar-refractivity contribution in [2.24, 2.45) is 0 Å². The van der Waals surface area contributed by atoms with Gasteiger partial charge in [0.15, 0.2) is 0 Å². The van der Waals surface area contributed by atoms with Crippen LogP contribution in [0, 0.1) is 0 Å². The summed E-state index contributed by atoms with van der Waals surface area (Å²) < 4.78 is 0. The van der Waals surface area contributed by atoms with Crippen LogP contribution < -0.4 is 5.32 Å². The van der Waals surface area contributed by atoms with E-state index in [4.69, 9.17) is 28.3 Å². The van der Waals surface area contributed by atoms with Gasteiger partial charge in [-0.2, -0.15) is 0 Å². The van der Waals surface area contributed by atoms with Crippen LogP contribution in [0.5, 0.6) is 0 Å². The van der Waals surface area contributed by atoms with Crippen molar-refractivity contribution in [3.63, 3.8) is 0 Å². The molecule has 1 amide bonds. The number of rotatable bonds is 4. The topological polar surface area (TPSA) is 66.4 Å². The fourth-order valence-corrected chi connectivity index (χ4v) is 1.98. The van der Waals surface area contributed by atoms with Gasteiger partial charge in [0.25, 0.3) is 0 Å². The fraction of sp³-hybridized carbons (Fsp3) is 0.273. The molecule has 0 unspecified atom stereocenters. The van der Waals surface area contributed by atoms with Crippen LogP contribution in [0.4, 0.5) is 0 Å². The highest BCUT2D eigenvalue weighted by Gasteiger charge is 2.19. The van der Waals surface area contributed by atoms with Gasteiger partial charge in [0, 0.05) is 17.0 Å². The molecule has 2 N–H and O–H groups in total. The summed E-state index contributed by atoms with van der Waals surface area (Å²) in [6, 6.07) is 4.05. The molecule has 1 aromatic carbocycles. The van der Waals surface area contributed by atoms with Gasteiger partial charge < -0.3 is 10.4 Å². The summed E-state index contributed by atoms with van der Waals surface area (Å²) in [7, 11) is 0. The second-order valence-electron chi connectivity index (χ2n) is 3.52. The van der Waals surface area contributed by atoms with E-state index in [0.29, 0.717) is 15.6 Å². The number of amides is 1. The van der Waals surface area contributed by atoms with E-state index in [-0.39, 0.29) is 12.3 Å². The largest absolute Gasteiger partial charge is 0.481 e. The first kappa shape index (κ1) is 13.8. The van der Waals surface area contributed by atoms with E-state index in [1.807, 2.05) is 0 Å². The van der Waals surface area contributed by atoms with Crippen LogP contribution in [-0.4, -0.2) is 17.0 Å². The molecular weight excluding hydrogens is 265 g/mol. The van der Waals surface area contributed by atoms with Gasteiger partial charge in [-0.1, -0.05) is 29.3 Å². The predicted molar refractivity (Wildman–Crippen MR) is 65.3 cm³/mol. The summed E-state index contributed by atoms with van der Waals surface area (Å²) in [5, 5.41) is 12.1. The molecule has 0 aromatic heterocycles. The van der Waals surface area contributed by atoms with Crippen LogP contribution >= 0.6 is 23.2 Å². The molecule has 0 aliphatic heterocycles. The van der Waals surface area contributed by atoms with E-state index in [0.717, 1.165) is 0 Å².